The molecule has 7 heteroatoms. The Balaban J connectivity index is 1.58. The number of rotatable bonds is 4. The Bertz CT molecular complexity index is 1040. The van der Waals surface area contributed by atoms with E-state index in [9.17, 15) is 4.79 Å². The van der Waals surface area contributed by atoms with Crippen molar-refractivity contribution in [3.05, 3.63) is 82.3 Å². The maximum absolute atomic E-state index is 12.4. The zero-order valence-electron chi connectivity index (χ0n) is 12.7. The number of aromatic nitrogens is 5. The zero-order chi connectivity index (χ0) is 16.4. The Morgan fingerprint density at radius 2 is 1.62 bits per heavy atom. The van der Waals surface area contributed by atoms with Crippen LogP contribution in [-0.4, -0.2) is 25.2 Å². The molecule has 2 heterocycles. The van der Waals surface area contributed by atoms with Gasteiger partial charge in [-0.3, -0.25) is 4.79 Å². The topological polar surface area (TPSA) is 86.7 Å². The van der Waals surface area contributed by atoms with Crippen molar-refractivity contribution in [2.45, 2.75) is 13.0 Å². The van der Waals surface area contributed by atoms with E-state index in [1.54, 1.807) is 18.2 Å². The Morgan fingerprint density at radius 3 is 2.50 bits per heavy atom. The molecule has 0 aliphatic rings. The van der Waals surface area contributed by atoms with Gasteiger partial charge in [0.15, 0.2) is 0 Å². The van der Waals surface area contributed by atoms with Crippen LogP contribution in [0.4, 0.5) is 0 Å². The minimum atomic E-state index is -0.233. The van der Waals surface area contributed by atoms with E-state index in [-0.39, 0.29) is 12.1 Å². The summed E-state index contributed by atoms with van der Waals surface area (Å²) in [6.45, 7) is 0.0957. The van der Waals surface area contributed by atoms with Gasteiger partial charge in [0.05, 0.1) is 11.8 Å². The molecular weight excluding hydrogens is 306 g/mol. The maximum atomic E-state index is 12.4. The third-order valence-corrected chi connectivity index (χ3v) is 3.62. The number of benzene rings is 2. The van der Waals surface area contributed by atoms with Gasteiger partial charge in [0.1, 0.15) is 12.1 Å². The molecule has 4 aromatic rings. The Labute approximate surface area is 136 Å². The highest BCUT2D eigenvalue weighted by atomic mass is 16.4. The van der Waals surface area contributed by atoms with Gasteiger partial charge in [-0.25, -0.2) is 4.68 Å². The lowest BCUT2D eigenvalue weighted by Gasteiger charge is -2.01. The fourth-order valence-electron chi connectivity index (χ4n) is 2.45. The van der Waals surface area contributed by atoms with Crippen LogP contribution in [-0.2, 0) is 13.0 Å². The van der Waals surface area contributed by atoms with E-state index < -0.39 is 0 Å². The van der Waals surface area contributed by atoms with E-state index in [4.69, 9.17) is 4.42 Å². The van der Waals surface area contributed by atoms with Crippen molar-refractivity contribution < 1.29 is 4.42 Å². The van der Waals surface area contributed by atoms with Crippen molar-refractivity contribution in [2.75, 3.05) is 0 Å². The molecule has 0 bridgehead atoms. The third kappa shape index (κ3) is 2.79. The fourth-order valence-corrected chi connectivity index (χ4v) is 2.45. The molecule has 0 atom stereocenters. The predicted molar refractivity (Wildman–Crippen MR) is 86.4 cm³/mol. The third-order valence-electron chi connectivity index (χ3n) is 3.62. The Hall–Kier alpha value is -3.35. The zero-order valence-corrected chi connectivity index (χ0v) is 12.7. The van der Waals surface area contributed by atoms with Gasteiger partial charge in [-0.15, -0.1) is 15.3 Å². The van der Waals surface area contributed by atoms with Crippen LogP contribution in [0.1, 0.15) is 17.3 Å². The normalized spacial score (nSPS) is 11.0. The van der Waals surface area contributed by atoms with E-state index in [1.165, 1.54) is 4.68 Å². The first-order valence-electron chi connectivity index (χ1n) is 7.47. The summed E-state index contributed by atoms with van der Waals surface area (Å²) in [5, 5.41) is 16.5. The molecule has 118 valence electrons. The van der Waals surface area contributed by atoms with E-state index in [0.717, 1.165) is 5.56 Å². The lowest BCUT2D eigenvalue weighted by Crippen LogP contribution is -2.24. The molecule has 0 spiro atoms. The van der Waals surface area contributed by atoms with Crippen molar-refractivity contribution in [3.63, 3.8) is 0 Å². The number of nitrogens with zero attached hydrogens (tertiary/aromatic N) is 5. The first-order chi connectivity index (χ1) is 11.8. The number of hydrogen-bond donors (Lipinski definition) is 0. The largest absolute Gasteiger partial charge is 0.423 e. The van der Waals surface area contributed by atoms with Crippen molar-refractivity contribution in [1.29, 1.82) is 0 Å². The van der Waals surface area contributed by atoms with Gasteiger partial charge in [0, 0.05) is 0 Å². The van der Waals surface area contributed by atoms with Crippen LogP contribution in [0.2, 0.25) is 0 Å². The smallest absolute Gasteiger partial charge is 0.278 e. The highest BCUT2D eigenvalue weighted by Gasteiger charge is 2.11. The second-order valence-electron chi connectivity index (χ2n) is 5.32. The summed E-state index contributed by atoms with van der Waals surface area (Å²) in [7, 11) is 0. The second-order valence-corrected chi connectivity index (χ2v) is 5.32. The van der Waals surface area contributed by atoms with E-state index in [2.05, 4.69) is 20.5 Å². The van der Waals surface area contributed by atoms with Crippen LogP contribution in [0.3, 0.4) is 0 Å². The molecule has 0 saturated carbocycles. The van der Waals surface area contributed by atoms with E-state index in [0.29, 0.717) is 29.1 Å². The summed E-state index contributed by atoms with van der Waals surface area (Å²) >= 11 is 0. The summed E-state index contributed by atoms with van der Waals surface area (Å²) < 4.78 is 6.83. The molecule has 2 aromatic heterocycles. The molecule has 2 aromatic carbocycles. The fraction of sp³-hybridized carbons (Fsp3) is 0.118. The molecule has 0 aliphatic carbocycles. The summed E-state index contributed by atoms with van der Waals surface area (Å²) in [5.41, 5.74) is 1.41. The highest BCUT2D eigenvalue weighted by Crippen LogP contribution is 2.09. The lowest BCUT2D eigenvalue weighted by molar-refractivity contribution is 0.426. The minimum Gasteiger partial charge on any atom is -0.423 e. The van der Waals surface area contributed by atoms with Crippen LogP contribution in [0.15, 0.2) is 63.8 Å². The molecule has 0 saturated heterocycles. The van der Waals surface area contributed by atoms with Crippen LogP contribution < -0.4 is 5.56 Å². The molecule has 0 radical (unpaired) electrons. The van der Waals surface area contributed by atoms with Gasteiger partial charge in [0.25, 0.3) is 5.56 Å². The van der Waals surface area contributed by atoms with Crippen molar-refractivity contribution in [1.82, 2.24) is 25.2 Å². The molecule has 4 rings (SSSR count). The van der Waals surface area contributed by atoms with Gasteiger partial charge in [0.2, 0.25) is 11.8 Å². The molecule has 0 unspecified atom stereocenters. The SMILES string of the molecule is O=c1c2ccccc2nnn1Cc1nnc(Cc2ccccc2)o1. The maximum Gasteiger partial charge on any atom is 0.278 e. The predicted octanol–water partition coefficient (Wildman–Crippen LogP) is 1.81. The number of hydrogen-bond acceptors (Lipinski definition) is 6. The first kappa shape index (κ1) is 14.3. The van der Waals surface area contributed by atoms with Crippen LogP contribution in [0.5, 0.6) is 0 Å². The van der Waals surface area contributed by atoms with E-state index in [1.807, 2.05) is 36.4 Å². The van der Waals surface area contributed by atoms with Gasteiger partial charge >= 0.3 is 0 Å². The Kier molecular flexibility index (Phi) is 3.59. The monoisotopic (exact) mass is 319 g/mol. The Morgan fingerprint density at radius 1 is 0.875 bits per heavy atom. The van der Waals surface area contributed by atoms with Crippen molar-refractivity contribution >= 4 is 10.9 Å². The van der Waals surface area contributed by atoms with Gasteiger partial charge in [-0.1, -0.05) is 47.7 Å². The van der Waals surface area contributed by atoms with Gasteiger partial charge in [-0.2, -0.15) is 0 Å². The molecular formula is C17H13N5O2. The molecule has 0 amide bonds. The minimum absolute atomic E-state index is 0.0957. The molecule has 24 heavy (non-hydrogen) atoms. The van der Waals surface area contributed by atoms with Gasteiger partial charge in [-0.05, 0) is 17.7 Å². The van der Waals surface area contributed by atoms with Crippen molar-refractivity contribution in [2.24, 2.45) is 0 Å². The van der Waals surface area contributed by atoms with Crippen LogP contribution >= 0.6 is 0 Å². The quantitative estimate of drug-likeness (QED) is 0.570. The molecule has 7 nitrogen and oxygen atoms in total. The molecule has 0 N–H and O–H groups in total. The van der Waals surface area contributed by atoms with E-state index >= 15 is 0 Å². The average Bonchev–Trinajstić information content (AvgIpc) is 3.05. The average molecular weight is 319 g/mol. The lowest BCUT2D eigenvalue weighted by atomic mass is 10.2. The van der Waals surface area contributed by atoms with Crippen LogP contribution in [0.25, 0.3) is 10.9 Å². The summed E-state index contributed by atoms with van der Waals surface area (Å²) in [4.78, 5) is 12.4. The second kappa shape index (κ2) is 6.04. The summed E-state index contributed by atoms with van der Waals surface area (Å²) in [6, 6.07) is 16.9. The van der Waals surface area contributed by atoms with Crippen LogP contribution in [0, 0.1) is 0 Å². The standard InChI is InChI=1S/C17H13N5O2/c23-17-13-8-4-5-9-14(13)18-21-22(17)11-16-20-19-15(24-16)10-12-6-2-1-3-7-12/h1-9H,10-11H2. The first-order valence-corrected chi connectivity index (χ1v) is 7.47. The highest BCUT2D eigenvalue weighted by molar-refractivity contribution is 5.76. The van der Waals surface area contributed by atoms with Crippen molar-refractivity contribution in [3.8, 4) is 0 Å². The number of fused-ring (bicyclic) bond motifs is 1. The van der Waals surface area contributed by atoms with Gasteiger partial charge < -0.3 is 4.42 Å². The molecule has 0 fully saturated rings. The summed E-state index contributed by atoms with van der Waals surface area (Å²) in [6.07, 6.45) is 0.548. The molecule has 0 aliphatic heterocycles. The summed E-state index contributed by atoms with van der Waals surface area (Å²) in [5.74, 6) is 0.825.